The van der Waals surface area contributed by atoms with E-state index < -0.39 is 0 Å². The molecule has 11 heteroatoms. The van der Waals surface area contributed by atoms with Crippen LogP contribution in [-0.4, -0.2) is 96.3 Å². The number of carbonyl (C=O) groups is 2. The topological polar surface area (TPSA) is 82.1 Å². The van der Waals surface area contributed by atoms with Crippen LogP contribution in [0.5, 0.6) is 5.75 Å². The summed E-state index contributed by atoms with van der Waals surface area (Å²) in [5.41, 5.74) is 1.06. The molecule has 1 unspecified atom stereocenters. The van der Waals surface area contributed by atoms with Crippen LogP contribution in [0.15, 0.2) is 35.5 Å². The predicted molar refractivity (Wildman–Crippen MR) is 164 cm³/mol. The van der Waals surface area contributed by atoms with Crippen LogP contribution in [0.1, 0.15) is 45.4 Å². The van der Waals surface area contributed by atoms with E-state index >= 15 is 0 Å². The number of benzene rings is 1. The lowest BCUT2D eigenvalue weighted by atomic mass is 10.0. The van der Waals surface area contributed by atoms with Crippen molar-refractivity contribution >= 4 is 46.7 Å². The second-order valence-corrected chi connectivity index (χ2v) is 12.6. The number of nitrogens with zero attached hydrogens (tertiary/aromatic N) is 6. The van der Waals surface area contributed by atoms with Crippen LogP contribution in [-0.2, 0) is 9.59 Å². The molecule has 2 aromatic rings. The van der Waals surface area contributed by atoms with Crippen molar-refractivity contribution in [2.45, 2.75) is 56.6 Å². The second-order valence-electron chi connectivity index (χ2n) is 11.2. The maximum absolute atomic E-state index is 13.0. The van der Waals surface area contributed by atoms with Gasteiger partial charge in [0.15, 0.2) is 5.16 Å². The van der Waals surface area contributed by atoms with E-state index in [4.69, 9.17) is 21.3 Å². The van der Waals surface area contributed by atoms with Gasteiger partial charge < -0.3 is 24.3 Å². The molecule has 222 valence electrons. The molecule has 41 heavy (non-hydrogen) atoms. The molecule has 9 nitrogen and oxygen atoms in total. The van der Waals surface area contributed by atoms with Gasteiger partial charge in [0, 0.05) is 64.3 Å². The Bertz CT molecular complexity index is 1200. The molecule has 2 aliphatic heterocycles. The highest BCUT2D eigenvalue weighted by atomic mass is 35.5. The van der Waals surface area contributed by atoms with Gasteiger partial charge in [-0.05, 0) is 31.4 Å². The number of thioether (sulfide) groups is 1. The Balaban J connectivity index is 1.10. The second kappa shape index (κ2) is 14.0. The van der Waals surface area contributed by atoms with Gasteiger partial charge in [-0.3, -0.25) is 9.59 Å². The molecule has 0 radical (unpaired) electrons. The minimum Gasteiger partial charge on any atom is -0.495 e. The fraction of sp³-hybridized carbons (Fsp3) is 0.600. The molecular weight excluding hydrogens is 560 g/mol. The minimum absolute atomic E-state index is 0.0677. The number of amides is 2. The van der Waals surface area contributed by atoms with E-state index in [1.807, 2.05) is 28.0 Å². The Morgan fingerprint density at radius 3 is 2.46 bits per heavy atom. The Kier molecular flexibility index (Phi) is 10.1. The number of methoxy groups -OCH3 is 1. The summed E-state index contributed by atoms with van der Waals surface area (Å²) >= 11 is 7.70. The van der Waals surface area contributed by atoms with Crippen LogP contribution in [0.2, 0.25) is 5.15 Å². The molecule has 0 bridgehead atoms. The summed E-state index contributed by atoms with van der Waals surface area (Å²) in [6, 6.07) is 9.85. The third-order valence-electron chi connectivity index (χ3n) is 8.56. The van der Waals surface area contributed by atoms with Crippen molar-refractivity contribution in [2.75, 3.05) is 68.5 Å². The molecule has 3 aliphatic rings. The predicted octanol–water partition coefficient (Wildman–Crippen LogP) is 4.59. The summed E-state index contributed by atoms with van der Waals surface area (Å²) in [6.45, 7) is 6.98. The van der Waals surface area contributed by atoms with Crippen LogP contribution >= 0.6 is 23.4 Å². The molecule has 2 saturated heterocycles. The van der Waals surface area contributed by atoms with E-state index in [-0.39, 0.29) is 23.6 Å². The number of halogens is 1. The molecule has 5 rings (SSSR count). The molecule has 3 heterocycles. The SMILES string of the molecule is COc1ccccc1N1CCN(C(=O)CSc2nc(Cl)cc(N3CCN(C(=O)CCC4CCCC4)C(C)C3)n2)CC1. The van der Waals surface area contributed by atoms with Crippen LogP contribution < -0.4 is 14.5 Å². The molecule has 3 fully saturated rings. The maximum Gasteiger partial charge on any atom is 0.233 e. The number of para-hydroxylation sites is 2. The molecule has 1 aromatic heterocycles. The summed E-state index contributed by atoms with van der Waals surface area (Å²) < 4.78 is 5.50. The number of rotatable bonds is 9. The summed E-state index contributed by atoms with van der Waals surface area (Å²) in [7, 11) is 1.68. The van der Waals surface area contributed by atoms with Gasteiger partial charge in [0.25, 0.3) is 0 Å². The first-order valence-corrected chi connectivity index (χ1v) is 16.1. The van der Waals surface area contributed by atoms with Crippen LogP contribution in [0, 0.1) is 5.92 Å². The lowest BCUT2D eigenvalue weighted by Gasteiger charge is -2.40. The molecule has 0 N–H and O–H groups in total. The number of hydrogen-bond donors (Lipinski definition) is 0. The lowest BCUT2D eigenvalue weighted by molar-refractivity contribution is -0.134. The highest BCUT2D eigenvalue weighted by molar-refractivity contribution is 7.99. The first kappa shape index (κ1) is 29.8. The van der Waals surface area contributed by atoms with Gasteiger partial charge in [-0.25, -0.2) is 9.97 Å². The van der Waals surface area contributed by atoms with Crippen LogP contribution in [0.3, 0.4) is 0 Å². The molecule has 1 aliphatic carbocycles. The smallest absolute Gasteiger partial charge is 0.233 e. The molecule has 1 aromatic carbocycles. The van der Waals surface area contributed by atoms with E-state index in [1.54, 1.807) is 13.2 Å². The van der Waals surface area contributed by atoms with Crippen molar-refractivity contribution in [1.29, 1.82) is 0 Å². The molecule has 1 atom stereocenters. The molecule has 0 spiro atoms. The minimum atomic E-state index is 0.0677. The van der Waals surface area contributed by atoms with Crippen molar-refractivity contribution < 1.29 is 14.3 Å². The zero-order valence-electron chi connectivity index (χ0n) is 24.1. The fourth-order valence-electron chi connectivity index (χ4n) is 6.22. The van der Waals surface area contributed by atoms with Gasteiger partial charge >= 0.3 is 0 Å². The van der Waals surface area contributed by atoms with E-state index in [1.165, 1.54) is 37.4 Å². The van der Waals surface area contributed by atoms with Crippen LogP contribution in [0.4, 0.5) is 11.5 Å². The first-order chi connectivity index (χ1) is 19.9. The average molecular weight is 601 g/mol. The Morgan fingerprint density at radius 1 is 1.00 bits per heavy atom. The Labute approximate surface area is 252 Å². The van der Waals surface area contributed by atoms with Crippen molar-refractivity contribution in [3.8, 4) is 5.75 Å². The monoisotopic (exact) mass is 600 g/mol. The zero-order valence-corrected chi connectivity index (χ0v) is 25.7. The number of anilines is 2. The van der Waals surface area contributed by atoms with Crippen molar-refractivity contribution in [3.63, 3.8) is 0 Å². The highest BCUT2D eigenvalue weighted by Crippen LogP contribution is 2.30. The first-order valence-electron chi connectivity index (χ1n) is 14.8. The highest BCUT2D eigenvalue weighted by Gasteiger charge is 2.29. The van der Waals surface area contributed by atoms with Crippen LogP contribution in [0.25, 0.3) is 0 Å². The number of piperazine rings is 2. The maximum atomic E-state index is 13.0. The quantitative estimate of drug-likeness (QED) is 0.235. The van der Waals surface area contributed by atoms with Gasteiger partial charge in [0.1, 0.15) is 16.7 Å². The number of ether oxygens (including phenoxy) is 1. The van der Waals surface area contributed by atoms with Crippen molar-refractivity contribution in [3.05, 3.63) is 35.5 Å². The van der Waals surface area contributed by atoms with Gasteiger partial charge in [0.05, 0.1) is 18.6 Å². The fourth-order valence-corrected chi connectivity index (χ4v) is 7.21. The molecular formula is C30H41ClN6O3S. The standard InChI is InChI=1S/C30H41ClN6O3S/c1-22-20-36(17-18-37(22)28(38)12-11-23-7-3-4-8-23)27-19-26(31)32-30(33-27)41-21-29(39)35-15-13-34(14-16-35)24-9-5-6-10-25(24)40-2/h5-6,9-10,19,22-23H,3-4,7-8,11-18,20-21H2,1-2H3. The van der Waals surface area contributed by atoms with E-state index in [0.717, 1.165) is 42.7 Å². The number of hydrogen-bond acceptors (Lipinski definition) is 8. The number of carbonyl (C=O) groups excluding carboxylic acids is 2. The summed E-state index contributed by atoms with van der Waals surface area (Å²) in [6.07, 6.45) is 6.84. The van der Waals surface area contributed by atoms with Crippen molar-refractivity contribution in [2.24, 2.45) is 5.92 Å². The van der Waals surface area contributed by atoms with E-state index in [9.17, 15) is 9.59 Å². The summed E-state index contributed by atoms with van der Waals surface area (Å²) in [5.74, 6) is 2.91. The molecule has 2 amide bonds. The lowest BCUT2D eigenvalue weighted by Crippen LogP contribution is -2.54. The van der Waals surface area contributed by atoms with E-state index in [0.29, 0.717) is 49.5 Å². The van der Waals surface area contributed by atoms with Gasteiger partial charge in [0.2, 0.25) is 11.8 Å². The third kappa shape index (κ3) is 7.57. The van der Waals surface area contributed by atoms with Gasteiger partial charge in [-0.15, -0.1) is 0 Å². The summed E-state index contributed by atoms with van der Waals surface area (Å²) in [5, 5.41) is 0.856. The third-order valence-corrected chi connectivity index (χ3v) is 9.58. The Hall–Kier alpha value is -2.72. The number of aromatic nitrogens is 2. The largest absolute Gasteiger partial charge is 0.495 e. The molecule has 1 saturated carbocycles. The average Bonchev–Trinajstić information content (AvgIpc) is 3.52. The zero-order chi connectivity index (χ0) is 28.8. The van der Waals surface area contributed by atoms with Gasteiger partial charge in [-0.1, -0.05) is 61.2 Å². The van der Waals surface area contributed by atoms with Gasteiger partial charge in [-0.2, -0.15) is 0 Å². The Morgan fingerprint density at radius 2 is 1.73 bits per heavy atom. The van der Waals surface area contributed by atoms with E-state index in [2.05, 4.69) is 27.8 Å². The summed E-state index contributed by atoms with van der Waals surface area (Å²) in [4.78, 5) is 43.4. The normalized spacial score (nSPS) is 20.0. The van der Waals surface area contributed by atoms with Crippen molar-refractivity contribution in [1.82, 2.24) is 19.8 Å².